The number of para-hydroxylation sites is 2. The number of aryl methyl sites for hydroxylation is 1. The van der Waals surface area contributed by atoms with Crippen molar-refractivity contribution < 1.29 is 9.53 Å². The average Bonchev–Trinajstić information content (AvgIpc) is 2.74. The number of fused-ring (bicyclic) bond motifs is 1. The Morgan fingerprint density at radius 1 is 1.11 bits per heavy atom. The van der Waals surface area contributed by atoms with Crippen molar-refractivity contribution in [2.45, 2.75) is 26.3 Å². The van der Waals surface area contributed by atoms with Crippen LogP contribution in [0.2, 0.25) is 0 Å². The van der Waals surface area contributed by atoms with Gasteiger partial charge < -0.3 is 20.3 Å². The molecular weight excluding hydrogens is 352 g/mol. The summed E-state index contributed by atoms with van der Waals surface area (Å²) in [6.07, 6.45) is 1.82. The van der Waals surface area contributed by atoms with Gasteiger partial charge in [0, 0.05) is 26.7 Å². The van der Waals surface area contributed by atoms with E-state index in [0.717, 1.165) is 43.3 Å². The van der Waals surface area contributed by atoms with Crippen LogP contribution in [0, 0.1) is 0 Å². The summed E-state index contributed by atoms with van der Waals surface area (Å²) in [6.45, 7) is 4.37. The number of hydrogen-bond acceptors (Lipinski definition) is 3. The predicted molar refractivity (Wildman–Crippen MR) is 113 cm³/mol. The van der Waals surface area contributed by atoms with Gasteiger partial charge in [-0.05, 0) is 36.1 Å². The molecule has 1 amide bonds. The van der Waals surface area contributed by atoms with E-state index in [-0.39, 0.29) is 12.5 Å². The van der Waals surface area contributed by atoms with Crippen LogP contribution < -0.4 is 20.3 Å². The molecule has 0 radical (unpaired) electrons. The first-order chi connectivity index (χ1) is 13.7. The summed E-state index contributed by atoms with van der Waals surface area (Å²) in [6, 6.07) is 16.1. The normalized spacial score (nSPS) is 13.7. The van der Waals surface area contributed by atoms with Crippen LogP contribution in [0.4, 0.5) is 5.69 Å². The fourth-order valence-corrected chi connectivity index (χ4v) is 3.32. The van der Waals surface area contributed by atoms with E-state index in [9.17, 15) is 4.79 Å². The third-order valence-corrected chi connectivity index (χ3v) is 4.83. The van der Waals surface area contributed by atoms with Gasteiger partial charge >= 0.3 is 0 Å². The van der Waals surface area contributed by atoms with Gasteiger partial charge in [0.1, 0.15) is 5.75 Å². The van der Waals surface area contributed by atoms with Gasteiger partial charge in [-0.1, -0.05) is 43.3 Å². The third-order valence-electron chi connectivity index (χ3n) is 4.83. The Kier molecular flexibility index (Phi) is 6.89. The van der Waals surface area contributed by atoms with Crippen molar-refractivity contribution in [3.05, 3.63) is 59.7 Å². The molecule has 0 unspecified atom stereocenters. The van der Waals surface area contributed by atoms with Crippen molar-refractivity contribution >= 4 is 17.6 Å². The summed E-state index contributed by atoms with van der Waals surface area (Å²) in [5.41, 5.74) is 3.47. The smallest absolute Gasteiger partial charge is 0.265 e. The number of nitrogens with one attached hydrogen (secondary N) is 2. The zero-order valence-electron chi connectivity index (χ0n) is 16.6. The number of guanidine groups is 1. The summed E-state index contributed by atoms with van der Waals surface area (Å²) >= 11 is 0. The fourth-order valence-electron chi connectivity index (χ4n) is 3.32. The van der Waals surface area contributed by atoms with Crippen LogP contribution in [0.15, 0.2) is 53.5 Å². The molecule has 1 aliphatic rings. The van der Waals surface area contributed by atoms with Crippen LogP contribution in [0.1, 0.15) is 24.5 Å². The number of amides is 1. The maximum absolute atomic E-state index is 12.2. The van der Waals surface area contributed by atoms with E-state index < -0.39 is 0 Å². The van der Waals surface area contributed by atoms with Gasteiger partial charge in [0.15, 0.2) is 12.6 Å². The van der Waals surface area contributed by atoms with E-state index in [1.165, 1.54) is 11.1 Å². The highest BCUT2D eigenvalue weighted by Crippen LogP contribution is 2.31. The standard InChI is InChI=1S/C22H28N4O2/c1-3-17-9-4-5-10-18(17)15-25-22(23-2)24-13-8-14-26-19-11-6-7-12-20(19)28-16-21(26)27/h4-7,9-12H,3,8,13-16H2,1-2H3,(H2,23,24,25). The molecule has 0 aromatic heterocycles. The fraction of sp³-hybridized carbons (Fsp3) is 0.364. The molecule has 0 bridgehead atoms. The van der Waals surface area contributed by atoms with Crippen LogP contribution >= 0.6 is 0 Å². The maximum atomic E-state index is 12.2. The Morgan fingerprint density at radius 2 is 1.86 bits per heavy atom. The monoisotopic (exact) mass is 380 g/mol. The van der Waals surface area contributed by atoms with Gasteiger partial charge in [-0.3, -0.25) is 9.79 Å². The van der Waals surface area contributed by atoms with Crippen molar-refractivity contribution in [3.8, 4) is 5.75 Å². The first-order valence-electron chi connectivity index (χ1n) is 9.76. The number of carbonyl (C=O) groups is 1. The Morgan fingerprint density at radius 3 is 2.64 bits per heavy atom. The van der Waals surface area contributed by atoms with E-state index in [1.54, 1.807) is 11.9 Å². The molecule has 2 aromatic carbocycles. The molecule has 0 aliphatic carbocycles. The summed E-state index contributed by atoms with van der Waals surface area (Å²) in [5.74, 6) is 1.53. The van der Waals surface area contributed by atoms with E-state index in [0.29, 0.717) is 6.54 Å². The lowest BCUT2D eigenvalue weighted by Crippen LogP contribution is -2.42. The highest BCUT2D eigenvalue weighted by atomic mass is 16.5. The lowest BCUT2D eigenvalue weighted by molar-refractivity contribution is -0.121. The molecule has 1 heterocycles. The highest BCUT2D eigenvalue weighted by molar-refractivity contribution is 5.97. The first-order valence-corrected chi connectivity index (χ1v) is 9.76. The van der Waals surface area contributed by atoms with E-state index >= 15 is 0 Å². The molecular formula is C22H28N4O2. The van der Waals surface area contributed by atoms with Crippen molar-refractivity contribution in [1.82, 2.24) is 10.6 Å². The maximum Gasteiger partial charge on any atom is 0.265 e. The quantitative estimate of drug-likeness (QED) is 0.440. The van der Waals surface area contributed by atoms with E-state index in [2.05, 4.69) is 46.8 Å². The summed E-state index contributed by atoms with van der Waals surface area (Å²) in [4.78, 5) is 18.3. The zero-order valence-corrected chi connectivity index (χ0v) is 16.6. The van der Waals surface area contributed by atoms with Gasteiger partial charge in [0.05, 0.1) is 5.69 Å². The summed E-state index contributed by atoms with van der Waals surface area (Å²) < 4.78 is 5.48. The minimum absolute atomic E-state index is 0.00243. The molecule has 0 saturated carbocycles. The molecule has 28 heavy (non-hydrogen) atoms. The average molecular weight is 380 g/mol. The molecule has 148 valence electrons. The molecule has 0 atom stereocenters. The lowest BCUT2D eigenvalue weighted by atomic mass is 10.1. The number of aliphatic imine (C=N–C) groups is 1. The van der Waals surface area contributed by atoms with E-state index in [4.69, 9.17) is 4.74 Å². The number of ether oxygens (including phenoxy) is 1. The predicted octanol–water partition coefficient (Wildman–Crippen LogP) is 2.73. The number of hydrogen-bond donors (Lipinski definition) is 2. The second-order valence-electron chi connectivity index (χ2n) is 6.63. The molecule has 2 N–H and O–H groups in total. The minimum Gasteiger partial charge on any atom is -0.482 e. The number of nitrogens with zero attached hydrogens (tertiary/aromatic N) is 2. The molecule has 0 saturated heterocycles. The van der Waals surface area contributed by atoms with Crippen LogP contribution in [-0.4, -0.2) is 38.6 Å². The topological polar surface area (TPSA) is 66.0 Å². The molecule has 2 aromatic rings. The van der Waals surface area contributed by atoms with Crippen LogP contribution in [0.3, 0.4) is 0 Å². The van der Waals surface area contributed by atoms with Gasteiger partial charge in [0.2, 0.25) is 0 Å². The second kappa shape index (κ2) is 9.78. The molecule has 1 aliphatic heterocycles. The number of anilines is 1. The summed E-state index contributed by atoms with van der Waals surface area (Å²) in [7, 11) is 1.77. The molecule has 6 nitrogen and oxygen atoms in total. The number of carbonyl (C=O) groups excluding carboxylic acids is 1. The van der Waals surface area contributed by atoms with Crippen molar-refractivity contribution in [2.24, 2.45) is 4.99 Å². The van der Waals surface area contributed by atoms with Gasteiger partial charge in [-0.25, -0.2) is 0 Å². The zero-order chi connectivity index (χ0) is 19.8. The van der Waals surface area contributed by atoms with Crippen LogP contribution in [-0.2, 0) is 17.8 Å². The van der Waals surface area contributed by atoms with Gasteiger partial charge in [0.25, 0.3) is 5.91 Å². The van der Waals surface area contributed by atoms with Crippen molar-refractivity contribution in [1.29, 1.82) is 0 Å². The Hall–Kier alpha value is -3.02. The third kappa shape index (κ3) is 4.82. The molecule has 0 fully saturated rings. The molecule has 3 rings (SSSR count). The number of benzene rings is 2. The van der Waals surface area contributed by atoms with Crippen molar-refractivity contribution in [3.63, 3.8) is 0 Å². The summed E-state index contributed by atoms with van der Waals surface area (Å²) in [5, 5.41) is 6.69. The Bertz CT molecular complexity index is 835. The van der Waals surface area contributed by atoms with E-state index in [1.807, 2.05) is 24.3 Å². The van der Waals surface area contributed by atoms with Crippen molar-refractivity contribution in [2.75, 3.05) is 31.6 Å². The Labute approximate surface area is 166 Å². The highest BCUT2D eigenvalue weighted by Gasteiger charge is 2.24. The first kappa shape index (κ1) is 19.7. The minimum atomic E-state index is -0.00243. The largest absolute Gasteiger partial charge is 0.482 e. The lowest BCUT2D eigenvalue weighted by Gasteiger charge is -2.29. The molecule has 6 heteroatoms. The second-order valence-corrected chi connectivity index (χ2v) is 6.63. The van der Waals surface area contributed by atoms with Crippen LogP contribution in [0.5, 0.6) is 5.75 Å². The molecule has 0 spiro atoms. The SMILES string of the molecule is CCc1ccccc1CNC(=NC)NCCCN1C(=O)COc2ccccc21. The number of rotatable bonds is 7. The van der Waals surface area contributed by atoms with Gasteiger partial charge in [-0.2, -0.15) is 0 Å². The van der Waals surface area contributed by atoms with Gasteiger partial charge in [-0.15, -0.1) is 0 Å². The Balaban J connectivity index is 1.47. The van der Waals surface area contributed by atoms with Crippen LogP contribution in [0.25, 0.3) is 0 Å².